The van der Waals surface area contributed by atoms with Crippen molar-refractivity contribution in [2.75, 3.05) is 72.6 Å². The fourth-order valence-corrected chi connectivity index (χ4v) is 1.57. The van der Waals surface area contributed by atoms with Gasteiger partial charge in [0.1, 0.15) is 6.61 Å². The first-order valence-corrected chi connectivity index (χ1v) is 8.86. The number of hydrogen-bond donors (Lipinski definition) is 1. The van der Waals surface area contributed by atoms with Crippen LogP contribution in [0.1, 0.15) is 27.2 Å². The van der Waals surface area contributed by atoms with E-state index in [1.54, 1.807) is 0 Å². The predicted molar refractivity (Wildman–Crippen MR) is 92.2 cm³/mol. The monoisotopic (exact) mass is 349 g/mol. The molecule has 144 valence electrons. The normalized spacial score (nSPS) is 12.3. The van der Waals surface area contributed by atoms with Crippen molar-refractivity contribution in [3.8, 4) is 0 Å². The average molecular weight is 349 g/mol. The minimum absolute atomic E-state index is 0.0995. The van der Waals surface area contributed by atoms with E-state index in [0.717, 1.165) is 13.0 Å². The van der Waals surface area contributed by atoms with Crippen LogP contribution in [0.3, 0.4) is 0 Å². The molecular formula is C17H35NO6. The summed E-state index contributed by atoms with van der Waals surface area (Å²) < 4.78 is 26.6. The van der Waals surface area contributed by atoms with Crippen LogP contribution in [-0.2, 0) is 28.5 Å². The van der Waals surface area contributed by atoms with Crippen molar-refractivity contribution < 1.29 is 28.5 Å². The van der Waals surface area contributed by atoms with Gasteiger partial charge in [0.2, 0.25) is 5.91 Å². The topological polar surface area (TPSA) is 75.3 Å². The van der Waals surface area contributed by atoms with Gasteiger partial charge in [-0.25, -0.2) is 0 Å². The molecule has 0 aromatic carbocycles. The molecule has 0 radical (unpaired) electrons. The minimum atomic E-state index is -0.123. The Morgan fingerprint density at radius 1 is 0.833 bits per heavy atom. The zero-order chi connectivity index (χ0) is 17.9. The van der Waals surface area contributed by atoms with Crippen molar-refractivity contribution in [3.63, 3.8) is 0 Å². The molecule has 1 atom stereocenters. The highest BCUT2D eigenvalue weighted by Gasteiger charge is 1.99. The number of carbonyl (C=O) groups is 1. The minimum Gasteiger partial charge on any atom is -0.379 e. The second-order valence-corrected chi connectivity index (χ2v) is 5.41. The van der Waals surface area contributed by atoms with Crippen molar-refractivity contribution in [1.29, 1.82) is 0 Å². The van der Waals surface area contributed by atoms with Gasteiger partial charge in [0.05, 0.1) is 46.2 Å². The van der Waals surface area contributed by atoms with Crippen LogP contribution in [0.4, 0.5) is 0 Å². The maximum atomic E-state index is 11.2. The standard InChI is InChI=1S/C17H35NO6/c1-4-16(3)14-24-13-12-23-11-10-22-9-8-21-7-6-18-17(19)15-20-5-2/h16H,4-15H2,1-3H3,(H,18,19). The van der Waals surface area contributed by atoms with Gasteiger partial charge >= 0.3 is 0 Å². The van der Waals surface area contributed by atoms with Crippen LogP contribution in [0.2, 0.25) is 0 Å². The molecule has 0 fully saturated rings. The molecule has 0 aromatic heterocycles. The van der Waals surface area contributed by atoms with Gasteiger partial charge in [0.15, 0.2) is 0 Å². The fraction of sp³-hybridized carbons (Fsp3) is 0.941. The molecule has 7 heteroatoms. The van der Waals surface area contributed by atoms with Crippen LogP contribution in [0.15, 0.2) is 0 Å². The van der Waals surface area contributed by atoms with Gasteiger partial charge < -0.3 is 29.0 Å². The zero-order valence-corrected chi connectivity index (χ0v) is 15.5. The fourth-order valence-electron chi connectivity index (χ4n) is 1.57. The lowest BCUT2D eigenvalue weighted by atomic mass is 10.1. The Kier molecular flexibility index (Phi) is 18.0. The Morgan fingerprint density at radius 3 is 1.92 bits per heavy atom. The quantitative estimate of drug-likeness (QED) is 0.375. The number of rotatable bonds is 18. The molecule has 24 heavy (non-hydrogen) atoms. The van der Waals surface area contributed by atoms with E-state index in [1.165, 1.54) is 0 Å². The van der Waals surface area contributed by atoms with E-state index in [4.69, 9.17) is 23.7 Å². The molecule has 1 unspecified atom stereocenters. The summed E-state index contributed by atoms with van der Waals surface area (Å²) in [5.41, 5.74) is 0. The molecule has 0 spiro atoms. The molecule has 0 heterocycles. The highest BCUT2D eigenvalue weighted by Crippen LogP contribution is 1.99. The molecule has 1 N–H and O–H groups in total. The van der Waals surface area contributed by atoms with Crippen molar-refractivity contribution in [1.82, 2.24) is 5.32 Å². The van der Waals surface area contributed by atoms with E-state index >= 15 is 0 Å². The summed E-state index contributed by atoms with van der Waals surface area (Å²) in [5, 5.41) is 2.70. The van der Waals surface area contributed by atoms with Gasteiger partial charge in [0, 0.05) is 19.8 Å². The van der Waals surface area contributed by atoms with Gasteiger partial charge in [-0.3, -0.25) is 4.79 Å². The zero-order valence-electron chi connectivity index (χ0n) is 15.5. The van der Waals surface area contributed by atoms with Gasteiger partial charge in [-0.1, -0.05) is 20.3 Å². The molecule has 0 saturated heterocycles. The van der Waals surface area contributed by atoms with E-state index in [9.17, 15) is 4.79 Å². The molecule has 0 rings (SSSR count). The van der Waals surface area contributed by atoms with Crippen molar-refractivity contribution in [2.24, 2.45) is 5.92 Å². The van der Waals surface area contributed by atoms with Crippen LogP contribution >= 0.6 is 0 Å². The van der Waals surface area contributed by atoms with Crippen molar-refractivity contribution in [2.45, 2.75) is 27.2 Å². The predicted octanol–water partition coefficient (Wildman–Crippen LogP) is 1.25. The number of nitrogens with one attached hydrogen (secondary N) is 1. The Balaban J connectivity index is 3.09. The van der Waals surface area contributed by atoms with Gasteiger partial charge in [-0.2, -0.15) is 0 Å². The number of hydrogen-bond acceptors (Lipinski definition) is 6. The second-order valence-electron chi connectivity index (χ2n) is 5.41. The Bertz CT molecular complexity index is 278. The third kappa shape index (κ3) is 17.6. The highest BCUT2D eigenvalue weighted by atomic mass is 16.6. The number of amides is 1. The Hall–Kier alpha value is -0.730. The average Bonchev–Trinajstić information content (AvgIpc) is 2.59. The summed E-state index contributed by atoms with van der Waals surface area (Å²) >= 11 is 0. The molecule has 7 nitrogen and oxygen atoms in total. The first kappa shape index (κ1) is 23.3. The molecule has 0 aromatic rings. The van der Waals surface area contributed by atoms with Gasteiger partial charge in [-0.15, -0.1) is 0 Å². The third-order valence-corrected chi connectivity index (χ3v) is 3.22. The summed E-state index contributed by atoms with van der Waals surface area (Å²) in [6.45, 7) is 11.9. The van der Waals surface area contributed by atoms with E-state index in [0.29, 0.717) is 65.3 Å². The molecule has 1 amide bonds. The largest absolute Gasteiger partial charge is 0.379 e. The first-order valence-electron chi connectivity index (χ1n) is 8.86. The first-order chi connectivity index (χ1) is 11.7. The summed E-state index contributed by atoms with van der Waals surface area (Å²) in [4.78, 5) is 11.2. The SMILES string of the molecule is CCOCC(=O)NCCOCCOCCOCCOCC(C)CC. The second kappa shape index (κ2) is 18.6. The molecule has 0 aliphatic carbocycles. The smallest absolute Gasteiger partial charge is 0.246 e. The molecule has 0 saturated carbocycles. The van der Waals surface area contributed by atoms with Crippen LogP contribution in [-0.4, -0.2) is 78.5 Å². The number of carbonyl (C=O) groups excluding carboxylic acids is 1. The Labute approximate surface area is 146 Å². The lowest BCUT2D eigenvalue weighted by Crippen LogP contribution is -2.30. The molecule has 0 aliphatic heterocycles. The highest BCUT2D eigenvalue weighted by molar-refractivity contribution is 5.77. The molecular weight excluding hydrogens is 314 g/mol. The van der Waals surface area contributed by atoms with Crippen molar-refractivity contribution in [3.05, 3.63) is 0 Å². The summed E-state index contributed by atoms with van der Waals surface area (Å²) in [5.74, 6) is 0.480. The third-order valence-electron chi connectivity index (χ3n) is 3.22. The van der Waals surface area contributed by atoms with Gasteiger partial charge in [-0.05, 0) is 12.8 Å². The maximum Gasteiger partial charge on any atom is 0.246 e. The summed E-state index contributed by atoms with van der Waals surface area (Å²) in [6, 6.07) is 0. The molecule has 0 aliphatic rings. The van der Waals surface area contributed by atoms with Crippen LogP contribution in [0.5, 0.6) is 0 Å². The van der Waals surface area contributed by atoms with Crippen LogP contribution < -0.4 is 5.32 Å². The molecule has 0 bridgehead atoms. The van der Waals surface area contributed by atoms with Crippen LogP contribution in [0, 0.1) is 5.92 Å². The summed E-state index contributed by atoms with van der Waals surface area (Å²) in [6.07, 6.45) is 1.14. The van der Waals surface area contributed by atoms with E-state index in [2.05, 4.69) is 19.2 Å². The number of ether oxygens (including phenoxy) is 5. The summed E-state index contributed by atoms with van der Waals surface area (Å²) in [7, 11) is 0. The van der Waals surface area contributed by atoms with E-state index < -0.39 is 0 Å². The maximum absolute atomic E-state index is 11.2. The van der Waals surface area contributed by atoms with Crippen LogP contribution in [0.25, 0.3) is 0 Å². The van der Waals surface area contributed by atoms with E-state index in [1.807, 2.05) is 6.92 Å². The lowest BCUT2D eigenvalue weighted by molar-refractivity contribution is -0.125. The van der Waals surface area contributed by atoms with Gasteiger partial charge in [0.25, 0.3) is 0 Å². The lowest BCUT2D eigenvalue weighted by Gasteiger charge is -2.10. The van der Waals surface area contributed by atoms with E-state index in [-0.39, 0.29) is 12.5 Å². The van der Waals surface area contributed by atoms with Crippen molar-refractivity contribution >= 4 is 5.91 Å². The Morgan fingerprint density at radius 2 is 1.38 bits per heavy atom.